The molecule has 5 heteroatoms. The molecule has 1 aromatic heterocycles. The van der Waals surface area contributed by atoms with Crippen molar-refractivity contribution in [3.05, 3.63) is 40.4 Å². The number of nitrogens with zero attached hydrogens (tertiary/aromatic N) is 2. The van der Waals surface area contributed by atoms with E-state index in [0.29, 0.717) is 12.0 Å². The van der Waals surface area contributed by atoms with E-state index in [2.05, 4.69) is 24.1 Å². The molecule has 0 aliphatic heterocycles. The third kappa shape index (κ3) is 2.68. The van der Waals surface area contributed by atoms with Gasteiger partial charge in [-0.15, -0.1) is 0 Å². The van der Waals surface area contributed by atoms with Crippen LogP contribution in [-0.4, -0.2) is 15.9 Å². The average Bonchev–Trinajstić information content (AvgIpc) is 2.78. The minimum Gasteiger partial charge on any atom is -0.367 e. The summed E-state index contributed by atoms with van der Waals surface area (Å²) in [5, 5.41) is 15.1. The van der Waals surface area contributed by atoms with Gasteiger partial charge in [-0.2, -0.15) is 0 Å². The summed E-state index contributed by atoms with van der Waals surface area (Å²) in [4.78, 5) is 15.0. The highest BCUT2D eigenvalue weighted by Crippen LogP contribution is 2.33. The predicted octanol–water partition coefficient (Wildman–Crippen LogP) is 3.99. The molecule has 1 saturated carbocycles. The Balaban J connectivity index is 1.84. The van der Waals surface area contributed by atoms with Crippen molar-refractivity contribution < 1.29 is 4.92 Å². The molecular formula is C16H19N3O2. The molecule has 0 saturated heterocycles. The van der Waals surface area contributed by atoms with Crippen molar-refractivity contribution in [3.8, 4) is 0 Å². The summed E-state index contributed by atoms with van der Waals surface area (Å²) in [6.07, 6.45) is 2.42. The average molecular weight is 285 g/mol. The van der Waals surface area contributed by atoms with Gasteiger partial charge in [0, 0.05) is 23.6 Å². The summed E-state index contributed by atoms with van der Waals surface area (Å²) in [5.74, 6) is 2.23. The number of hydrogen-bond donors (Lipinski definition) is 1. The van der Waals surface area contributed by atoms with Gasteiger partial charge < -0.3 is 5.32 Å². The number of fused-ring (bicyclic) bond motifs is 1. The van der Waals surface area contributed by atoms with Crippen molar-refractivity contribution in [2.45, 2.75) is 32.7 Å². The fourth-order valence-electron chi connectivity index (χ4n) is 3.07. The second kappa shape index (κ2) is 5.31. The first-order chi connectivity index (χ1) is 10.0. The molecule has 1 heterocycles. The maximum absolute atomic E-state index is 10.8. The van der Waals surface area contributed by atoms with Crippen LogP contribution in [0.4, 0.5) is 11.5 Å². The summed E-state index contributed by atoms with van der Waals surface area (Å²) in [6, 6.07) is 9.02. The van der Waals surface area contributed by atoms with Crippen molar-refractivity contribution in [1.82, 2.24) is 4.98 Å². The van der Waals surface area contributed by atoms with E-state index in [9.17, 15) is 10.1 Å². The van der Waals surface area contributed by atoms with Gasteiger partial charge in [-0.05, 0) is 42.9 Å². The number of pyridine rings is 1. The third-order valence-corrected chi connectivity index (χ3v) is 4.68. The number of anilines is 1. The lowest BCUT2D eigenvalue weighted by molar-refractivity contribution is -0.384. The third-order valence-electron chi connectivity index (χ3n) is 4.68. The second-order valence-corrected chi connectivity index (χ2v) is 6.00. The highest BCUT2D eigenvalue weighted by molar-refractivity contribution is 5.82. The second-order valence-electron chi connectivity index (χ2n) is 6.00. The lowest BCUT2D eigenvalue weighted by atomic mass is 9.98. The molecule has 0 amide bonds. The number of benzene rings is 1. The predicted molar refractivity (Wildman–Crippen MR) is 83.4 cm³/mol. The molecular weight excluding hydrogens is 266 g/mol. The standard InChI is InChI=1S/C16H19N3O2/c1-10-3-6-14(11(10)2)17-16-8-4-12-9-13(19(20)21)5-7-15(12)18-16/h4-5,7-11,14H,3,6H2,1-2H3,(H,17,18). The van der Waals surface area contributed by atoms with Crippen LogP contribution < -0.4 is 5.32 Å². The van der Waals surface area contributed by atoms with E-state index >= 15 is 0 Å². The van der Waals surface area contributed by atoms with Crippen molar-refractivity contribution >= 4 is 22.4 Å². The number of aromatic nitrogens is 1. The van der Waals surface area contributed by atoms with Gasteiger partial charge >= 0.3 is 0 Å². The van der Waals surface area contributed by atoms with Crippen LogP contribution in [0.1, 0.15) is 26.7 Å². The molecule has 0 bridgehead atoms. The lowest BCUT2D eigenvalue weighted by Crippen LogP contribution is -2.24. The van der Waals surface area contributed by atoms with E-state index in [0.717, 1.165) is 22.6 Å². The number of nitro groups is 1. The Morgan fingerprint density at radius 2 is 2.05 bits per heavy atom. The summed E-state index contributed by atoms with van der Waals surface area (Å²) < 4.78 is 0. The Hall–Kier alpha value is -2.17. The topological polar surface area (TPSA) is 68.1 Å². The zero-order valence-corrected chi connectivity index (χ0v) is 12.2. The molecule has 1 aliphatic carbocycles. The minimum absolute atomic E-state index is 0.100. The number of hydrogen-bond acceptors (Lipinski definition) is 4. The Morgan fingerprint density at radius 3 is 2.71 bits per heavy atom. The van der Waals surface area contributed by atoms with Gasteiger partial charge in [0.05, 0.1) is 10.4 Å². The Morgan fingerprint density at radius 1 is 1.24 bits per heavy atom. The fourth-order valence-corrected chi connectivity index (χ4v) is 3.07. The van der Waals surface area contributed by atoms with E-state index in [1.54, 1.807) is 12.1 Å². The maximum atomic E-state index is 10.8. The molecule has 1 aromatic carbocycles. The van der Waals surface area contributed by atoms with Crippen molar-refractivity contribution in [3.63, 3.8) is 0 Å². The van der Waals surface area contributed by atoms with Crippen LogP contribution in [0.15, 0.2) is 30.3 Å². The molecule has 5 nitrogen and oxygen atoms in total. The van der Waals surface area contributed by atoms with Crippen molar-refractivity contribution in [2.75, 3.05) is 5.32 Å². The van der Waals surface area contributed by atoms with Gasteiger partial charge in [0.25, 0.3) is 5.69 Å². The molecule has 3 unspecified atom stereocenters. The van der Waals surface area contributed by atoms with E-state index in [4.69, 9.17) is 0 Å². The minimum atomic E-state index is -0.382. The first-order valence-electron chi connectivity index (χ1n) is 7.36. The van der Waals surface area contributed by atoms with Crippen LogP contribution >= 0.6 is 0 Å². The highest BCUT2D eigenvalue weighted by Gasteiger charge is 2.29. The summed E-state index contributed by atoms with van der Waals surface area (Å²) in [7, 11) is 0. The van der Waals surface area contributed by atoms with Crippen LogP contribution in [0, 0.1) is 22.0 Å². The summed E-state index contributed by atoms with van der Waals surface area (Å²) in [5.41, 5.74) is 0.882. The molecule has 21 heavy (non-hydrogen) atoms. The van der Waals surface area contributed by atoms with Gasteiger partial charge in [-0.1, -0.05) is 13.8 Å². The fraction of sp³-hybridized carbons (Fsp3) is 0.438. The highest BCUT2D eigenvalue weighted by atomic mass is 16.6. The SMILES string of the molecule is CC1CCC(Nc2ccc3cc([N+](=O)[O-])ccc3n2)C1C. The molecule has 110 valence electrons. The van der Waals surface area contributed by atoms with Crippen LogP contribution in [0.25, 0.3) is 10.9 Å². The molecule has 2 aromatic rings. The van der Waals surface area contributed by atoms with Gasteiger partial charge in [-0.3, -0.25) is 10.1 Å². The van der Waals surface area contributed by atoms with Crippen LogP contribution in [0.2, 0.25) is 0 Å². The Kier molecular flexibility index (Phi) is 3.49. The Labute approximate surface area is 123 Å². The zero-order valence-electron chi connectivity index (χ0n) is 12.2. The lowest BCUT2D eigenvalue weighted by Gasteiger charge is -2.20. The van der Waals surface area contributed by atoms with E-state index in [-0.39, 0.29) is 10.6 Å². The monoisotopic (exact) mass is 285 g/mol. The van der Waals surface area contributed by atoms with E-state index in [1.807, 2.05) is 12.1 Å². The molecule has 1 fully saturated rings. The first kappa shape index (κ1) is 13.8. The molecule has 3 atom stereocenters. The maximum Gasteiger partial charge on any atom is 0.270 e. The Bertz CT molecular complexity index is 686. The zero-order chi connectivity index (χ0) is 15.0. The normalized spacial score (nSPS) is 25.1. The van der Waals surface area contributed by atoms with Crippen LogP contribution in [-0.2, 0) is 0 Å². The van der Waals surface area contributed by atoms with Crippen LogP contribution in [0.5, 0.6) is 0 Å². The number of nitro benzene ring substituents is 1. The molecule has 0 radical (unpaired) electrons. The molecule has 3 rings (SSSR count). The van der Waals surface area contributed by atoms with Gasteiger partial charge in [0.1, 0.15) is 5.82 Å². The quantitative estimate of drug-likeness (QED) is 0.684. The first-order valence-corrected chi connectivity index (χ1v) is 7.36. The van der Waals surface area contributed by atoms with Crippen molar-refractivity contribution in [1.29, 1.82) is 0 Å². The molecule has 1 N–H and O–H groups in total. The summed E-state index contributed by atoms with van der Waals surface area (Å²) >= 11 is 0. The van der Waals surface area contributed by atoms with Gasteiger partial charge in [-0.25, -0.2) is 4.98 Å². The van der Waals surface area contributed by atoms with Gasteiger partial charge in [0.2, 0.25) is 0 Å². The summed E-state index contributed by atoms with van der Waals surface area (Å²) in [6.45, 7) is 4.57. The number of non-ortho nitro benzene ring substituents is 1. The largest absolute Gasteiger partial charge is 0.367 e. The van der Waals surface area contributed by atoms with Crippen molar-refractivity contribution in [2.24, 2.45) is 11.8 Å². The van der Waals surface area contributed by atoms with E-state index in [1.165, 1.54) is 18.9 Å². The molecule has 1 aliphatic rings. The van der Waals surface area contributed by atoms with Gasteiger partial charge in [0.15, 0.2) is 0 Å². The smallest absolute Gasteiger partial charge is 0.270 e. The van der Waals surface area contributed by atoms with Crippen LogP contribution in [0.3, 0.4) is 0 Å². The number of nitrogens with one attached hydrogen (secondary N) is 1. The molecule has 0 spiro atoms. The number of rotatable bonds is 3. The van der Waals surface area contributed by atoms with E-state index < -0.39 is 0 Å².